The second-order valence-corrected chi connectivity index (χ2v) is 8.86. The topological polar surface area (TPSA) is 92.7 Å². The van der Waals surface area contributed by atoms with Crippen LogP contribution in [0, 0.1) is 12.7 Å². The maximum Gasteiger partial charge on any atom is 0.417 e. The zero-order chi connectivity index (χ0) is 26.3. The minimum Gasteiger partial charge on any atom is -0.440 e. The smallest absolute Gasteiger partial charge is 0.417 e. The number of benzene rings is 2. The number of aryl methyl sites for hydroxylation is 1. The van der Waals surface area contributed by atoms with Gasteiger partial charge in [0.1, 0.15) is 17.1 Å². The standard InChI is InChI=1S/C24H23F4N4O3S/c1-15-11-17(25)7-8-21(15)35-23-20(12-16(14-30-23)24(26,27)28)22(33)32-18-5-3-6-19(13-18)36(34)31-10-4-9-29-2/h3,5-8,11-14,29H,4,9-10H2,1-2H3,(H,32,33)/q-1. The van der Waals surface area contributed by atoms with Crippen molar-refractivity contribution >= 4 is 22.2 Å². The highest BCUT2D eigenvalue weighted by molar-refractivity contribution is 7.74. The van der Waals surface area contributed by atoms with E-state index in [1.807, 2.05) is 0 Å². The molecule has 7 nitrogen and oxygen atoms in total. The summed E-state index contributed by atoms with van der Waals surface area (Å²) in [5.41, 5.74) is -1.09. The maximum absolute atomic E-state index is 13.4. The Morgan fingerprint density at radius 3 is 2.64 bits per heavy atom. The summed E-state index contributed by atoms with van der Waals surface area (Å²) in [6, 6.07) is 10.2. The average Bonchev–Trinajstić information content (AvgIpc) is 2.83. The van der Waals surface area contributed by atoms with Gasteiger partial charge in [0.2, 0.25) is 5.88 Å². The third kappa shape index (κ3) is 7.25. The molecule has 0 bridgehead atoms. The molecule has 0 unspecified atom stereocenters. The van der Waals surface area contributed by atoms with Crippen LogP contribution in [0.1, 0.15) is 27.9 Å². The van der Waals surface area contributed by atoms with Crippen molar-refractivity contribution in [3.8, 4) is 11.6 Å². The highest BCUT2D eigenvalue weighted by atomic mass is 32.2. The molecule has 2 N–H and O–H groups in total. The van der Waals surface area contributed by atoms with Crippen LogP contribution in [0.15, 0.2) is 64.0 Å². The van der Waals surface area contributed by atoms with Crippen molar-refractivity contribution in [2.45, 2.75) is 24.4 Å². The van der Waals surface area contributed by atoms with Crippen LogP contribution in [0.3, 0.4) is 0 Å². The molecule has 0 saturated carbocycles. The number of carbonyl (C=O) groups is 1. The Hall–Kier alpha value is -3.51. The van der Waals surface area contributed by atoms with Crippen LogP contribution >= 0.6 is 0 Å². The van der Waals surface area contributed by atoms with Gasteiger partial charge in [-0.3, -0.25) is 4.79 Å². The van der Waals surface area contributed by atoms with E-state index in [4.69, 9.17) is 4.74 Å². The fourth-order valence-corrected chi connectivity index (χ4v) is 3.91. The first-order valence-electron chi connectivity index (χ1n) is 10.7. The van der Waals surface area contributed by atoms with Crippen molar-refractivity contribution < 1.29 is 31.3 Å². The predicted octanol–water partition coefficient (Wildman–Crippen LogP) is 5.71. The molecule has 1 amide bonds. The summed E-state index contributed by atoms with van der Waals surface area (Å²) in [7, 11) is 0.114. The molecule has 2 aromatic carbocycles. The number of ether oxygens (including phenoxy) is 1. The molecule has 12 heteroatoms. The van der Waals surface area contributed by atoms with Crippen LogP contribution in [-0.4, -0.2) is 31.0 Å². The quantitative estimate of drug-likeness (QED) is 0.213. The summed E-state index contributed by atoms with van der Waals surface area (Å²) in [4.78, 5) is 17.0. The maximum atomic E-state index is 13.4. The molecule has 0 aliphatic heterocycles. The number of hydrogen-bond acceptors (Lipinski definition) is 7. The van der Waals surface area contributed by atoms with E-state index >= 15 is 0 Å². The molecule has 3 aromatic rings. The summed E-state index contributed by atoms with van der Waals surface area (Å²) < 4.78 is 75.4. The van der Waals surface area contributed by atoms with Crippen LogP contribution in [0.25, 0.3) is 0 Å². The van der Waals surface area contributed by atoms with Crippen LogP contribution in [-0.2, 0) is 21.0 Å². The zero-order valence-electron chi connectivity index (χ0n) is 19.4. The molecule has 0 fully saturated rings. The van der Waals surface area contributed by atoms with Crippen LogP contribution in [0.5, 0.6) is 11.6 Å². The molecule has 3 rings (SSSR count). The molecule has 0 atom stereocenters. The van der Waals surface area contributed by atoms with Crippen LogP contribution in [0.4, 0.5) is 23.2 Å². The first kappa shape index (κ1) is 27.1. The number of alkyl halides is 3. The lowest BCUT2D eigenvalue weighted by Crippen LogP contribution is -2.16. The minimum absolute atomic E-state index is 0.120. The second kappa shape index (κ2) is 12.0. The number of nitrogens with one attached hydrogen (secondary N) is 2. The number of hydrogen-bond donors (Lipinski definition) is 2. The van der Waals surface area contributed by atoms with Crippen molar-refractivity contribution in [1.29, 1.82) is 0 Å². The zero-order valence-corrected chi connectivity index (χ0v) is 20.2. The number of aromatic nitrogens is 1. The normalized spacial score (nSPS) is 12.4. The molecule has 0 radical (unpaired) electrons. The second-order valence-electron chi connectivity index (χ2n) is 7.63. The SMILES string of the molecule is CNCCCN=[S-](=O)c1cccc(NC(=O)c2cc(C(F)(F)F)cnc2Oc2ccc(F)cc2C)c1. The first-order chi connectivity index (χ1) is 17.1. The lowest BCUT2D eigenvalue weighted by atomic mass is 10.1. The van der Waals surface area contributed by atoms with E-state index in [1.165, 1.54) is 37.3 Å². The van der Waals surface area contributed by atoms with Gasteiger partial charge in [0, 0.05) is 18.4 Å². The van der Waals surface area contributed by atoms with E-state index in [-0.39, 0.29) is 11.4 Å². The Balaban J connectivity index is 1.90. The largest absolute Gasteiger partial charge is 0.440 e. The number of nitrogens with zero attached hydrogens (tertiary/aromatic N) is 2. The molecule has 0 spiro atoms. The third-order valence-electron chi connectivity index (χ3n) is 4.85. The van der Waals surface area contributed by atoms with E-state index in [1.54, 1.807) is 13.1 Å². The first-order valence-corrected chi connectivity index (χ1v) is 11.9. The van der Waals surface area contributed by atoms with Crippen molar-refractivity contribution in [2.75, 3.05) is 25.5 Å². The summed E-state index contributed by atoms with van der Waals surface area (Å²) in [6.07, 6.45) is -3.51. The molecular weight excluding hydrogens is 500 g/mol. The molecule has 0 aliphatic rings. The minimum atomic E-state index is -4.75. The summed E-state index contributed by atoms with van der Waals surface area (Å²) in [5, 5.41) is 5.44. The van der Waals surface area contributed by atoms with Crippen LogP contribution in [0.2, 0.25) is 0 Å². The number of anilines is 1. The van der Waals surface area contributed by atoms with Gasteiger partial charge in [-0.05, 0) is 62.8 Å². The number of pyridine rings is 1. The fourth-order valence-electron chi connectivity index (χ4n) is 3.04. The summed E-state index contributed by atoms with van der Waals surface area (Å²) >= 11 is 0. The monoisotopic (exact) mass is 523 g/mol. The third-order valence-corrected chi connectivity index (χ3v) is 5.93. The molecule has 192 valence electrons. The van der Waals surface area contributed by atoms with Gasteiger partial charge in [0.05, 0.1) is 5.56 Å². The van der Waals surface area contributed by atoms with E-state index in [0.717, 1.165) is 6.07 Å². The van der Waals surface area contributed by atoms with Crippen molar-refractivity contribution in [1.82, 2.24) is 10.3 Å². The fraction of sp³-hybridized carbons (Fsp3) is 0.250. The van der Waals surface area contributed by atoms with Gasteiger partial charge in [-0.2, -0.15) is 23.8 Å². The van der Waals surface area contributed by atoms with Crippen molar-refractivity contribution in [3.05, 3.63) is 77.2 Å². The Morgan fingerprint density at radius 2 is 1.94 bits per heavy atom. The molecule has 1 heterocycles. The van der Waals surface area contributed by atoms with Gasteiger partial charge >= 0.3 is 6.18 Å². The molecule has 36 heavy (non-hydrogen) atoms. The number of rotatable bonds is 9. The van der Waals surface area contributed by atoms with Crippen molar-refractivity contribution in [2.24, 2.45) is 4.36 Å². The molecular formula is C24H23F4N4O3S-. The Kier molecular flexibility index (Phi) is 8.99. The number of halogens is 4. The summed E-state index contributed by atoms with van der Waals surface area (Å²) in [5.74, 6) is -1.73. The van der Waals surface area contributed by atoms with Gasteiger partial charge in [0.25, 0.3) is 5.91 Å². The number of amides is 1. The van der Waals surface area contributed by atoms with Gasteiger partial charge in [-0.1, -0.05) is 23.1 Å². The molecule has 1 aromatic heterocycles. The molecule has 0 saturated heterocycles. The van der Waals surface area contributed by atoms with E-state index < -0.39 is 45.5 Å². The van der Waals surface area contributed by atoms with Crippen molar-refractivity contribution in [3.63, 3.8) is 0 Å². The lowest BCUT2D eigenvalue weighted by molar-refractivity contribution is -0.137. The summed E-state index contributed by atoms with van der Waals surface area (Å²) in [6.45, 7) is 2.62. The van der Waals surface area contributed by atoms with E-state index in [0.29, 0.717) is 42.2 Å². The number of carbonyl (C=O) groups excluding carboxylic acids is 1. The highest BCUT2D eigenvalue weighted by Gasteiger charge is 2.33. The Bertz CT molecular complexity index is 1320. The van der Waals surface area contributed by atoms with Gasteiger partial charge in [-0.25, -0.2) is 9.37 Å². The van der Waals surface area contributed by atoms with Gasteiger partial charge in [-0.15, -0.1) is 0 Å². The Labute approximate surface area is 207 Å². The highest BCUT2D eigenvalue weighted by Crippen LogP contribution is 2.33. The Morgan fingerprint density at radius 1 is 1.17 bits per heavy atom. The average molecular weight is 524 g/mol. The van der Waals surface area contributed by atoms with Gasteiger partial charge in [0.15, 0.2) is 0 Å². The van der Waals surface area contributed by atoms with Gasteiger partial charge < -0.3 is 23.9 Å². The molecule has 0 aliphatic carbocycles. The van der Waals surface area contributed by atoms with E-state index in [9.17, 15) is 26.6 Å². The lowest BCUT2D eigenvalue weighted by Gasteiger charge is -2.15. The van der Waals surface area contributed by atoms with Crippen LogP contribution < -0.4 is 15.4 Å². The predicted molar refractivity (Wildman–Crippen MR) is 127 cm³/mol. The van der Waals surface area contributed by atoms with E-state index in [2.05, 4.69) is 20.0 Å².